The van der Waals surface area contributed by atoms with Gasteiger partial charge in [-0.25, -0.2) is 0 Å². The molecule has 0 spiro atoms. The van der Waals surface area contributed by atoms with Crippen molar-refractivity contribution in [2.45, 2.75) is 6.54 Å². The van der Waals surface area contributed by atoms with E-state index in [9.17, 15) is 4.79 Å². The van der Waals surface area contributed by atoms with Crippen LogP contribution in [0.3, 0.4) is 0 Å². The zero-order valence-electron chi connectivity index (χ0n) is 11.8. The van der Waals surface area contributed by atoms with E-state index in [1.807, 2.05) is 42.5 Å². The molecule has 1 heterocycles. The molecule has 0 radical (unpaired) electrons. The summed E-state index contributed by atoms with van der Waals surface area (Å²) in [4.78, 5) is 14.5. The SMILES string of the molecule is O=C(c1ccc(Cl)cc1)N(Cc1ccco1)c1ccccc1. The molecule has 0 saturated carbocycles. The number of rotatable bonds is 4. The zero-order chi connectivity index (χ0) is 15.4. The fraction of sp³-hybridized carbons (Fsp3) is 0.0556. The van der Waals surface area contributed by atoms with Crippen LogP contribution in [0.2, 0.25) is 5.02 Å². The van der Waals surface area contributed by atoms with Crippen LogP contribution in [-0.2, 0) is 6.54 Å². The molecule has 0 aliphatic carbocycles. The smallest absolute Gasteiger partial charge is 0.258 e. The van der Waals surface area contributed by atoms with Gasteiger partial charge in [-0.15, -0.1) is 0 Å². The highest BCUT2D eigenvalue weighted by atomic mass is 35.5. The molecule has 0 unspecified atom stereocenters. The summed E-state index contributed by atoms with van der Waals surface area (Å²) in [7, 11) is 0. The second-order valence-electron chi connectivity index (χ2n) is 4.81. The highest BCUT2D eigenvalue weighted by molar-refractivity contribution is 6.30. The van der Waals surface area contributed by atoms with Crippen molar-refractivity contribution in [1.29, 1.82) is 0 Å². The van der Waals surface area contributed by atoms with E-state index in [4.69, 9.17) is 16.0 Å². The average molecular weight is 312 g/mol. The van der Waals surface area contributed by atoms with E-state index >= 15 is 0 Å². The van der Waals surface area contributed by atoms with Gasteiger partial charge in [0.05, 0.1) is 12.8 Å². The van der Waals surface area contributed by atoms with Crippen LogP contribution in [-0.4, -0.2) is 5.91 Å². The lowest BCUT2D eigenvalue weighted by Gasteiger charge is -2.22. The van der Waals surface area contributed by atoms with Gasteiger partial charge in [-0.3, -0.25) is 4.79 Å². The third-order valence-electron chi connectivity index (χ3n) is 3.30. The summed E-state index contributed by atoms with van der Waals surface area (Å²) >= 11 is 5.89. The first-order valence-corrected chi connectivity index (χ1v) is 7.27. The zero-order valence-corrected chi connectivity index (χ0v) is 12.5. The molecule has 1 aromatic heterocycles. The molecule has 0 fully saturated rings. The number of benzene rings is 2. The number of halogens is 1. The van der Waals surface area contributed by atoms with Crippen LogP contribution in [0.5, 0.6) is 0 Å². The Morgan fingerprint density at radius 2 is 1.68 bits per heavy atom. The summed E-state index contributed by atoms with van der Waals surface area (Å²) in [6, 6.07) is 20.1. The minimum Gasteiger partial charge on any atom is -0.467 e. The summed E-state index contributed by atoms with van der Waals surface area (Å²) in [5.74, 6) is 0.630. The van der Waals surface area contributed by atoms with E-state index in [1.165, 1.54) is 0 Å². The van der Waals surface area contributed by atoms with Crippen molar-refractivity contribution in [2.24, 2.45) is 0 Å². The lowest BCUT2D eigenvalue weighted by atomic mass is 10.1. The molecular formula is C18H14ClNO2. The fourth-order valence-corrected chi connectivity index (χ4v) is 2.32. The summed E-state index contributed by atoms with van der Waals surface area (Å²) in [6.45, 7) is 0.373. The number of furan rings is 1. The van der Waals surface area contributed by atoms with Gasteiger partial charge < -0.3 is 9.32 Å². The van der Waals surface area contributed by atoms with Crippen molar-refractivity contribution < 1.29 is 9.21 Å². The molecule has 0 bridgehead atoms. The number of anilines is 1. The Morgan fingerprint density at radius 1 is 0.955 bits per heavy atom. The molecule has 3 nitrogen and oxygen atoms in total. The van der Waals surface area contributed by atoms with Gasteiger partial charge in [-0.2, -0.15) is 0 Å². The number of nitrogens with zero attached hydrogens (tertiary/aromatic N) is 1. The number of carbonyl (C=O) groups excluding carboxylic acids is 1. The second kappa shape index (κ2) is 6.50. The molecule has 4 heteroatoms. The molecule has 2 aromatic carbocycles. The quantitative estimate of drug-likeness (QED) is 0.694. The Bertz CT molecular complexity index is 737. The van der Waals surface area contributed by atoms with Crippen molar-refractivity contribution in [1.82, 2.24) is 0 Å². The predicted octanol–water partition coefficient (Wildman–Crippen LogP) is 4.78. The van der Waals surface area contributed by atoms with Gasteiger partial charge in [0.15, 0.2) is 0 Å². The summed E-state index contributed by atoms with van der Waals surface area (Å²) in [6.07, 6.45) is 1.60. The Kier molecular flexibility index (Phi) is 4.26. The van der Waals surface area contributed by atoms with Gasteiger partial charge in [0, 0.05) is 16.3 Å². The van der Waals surface area contributed by atoms with Crippen molar-refractivity contribution in [3.05, 3.63) is 89.3 Å². The van der Waals surface area contributed by atoms with Crippen molar-refractivity contribution in [3.8, 4) is 0 Å². The molecule has 3 rings (SSSR count). The fourth-order valence-electron chi connectivity index (χ4n) is 2.19. The normalized spacial score (nSPS) is 10.4. The largest absolute Gasteiger partial charge is 0.467 e. The third kappa shape index (κ3) is 3.21. The first kappa shape index (κ1) is 14.4. The highest BCUT2D eigenvalue weighted by Gasteiger charge is 2.19. The highest BCUT2D eigenvalue weighted by Crippen LogP contribution is 2.21. The number of carbonyl (C=O) groups is 1. The molecule has 110 valence electrons. The van der Waals surface area contributed by atoms with E-state index in [1.54, 1.807) is 35.4 Å². The summed E-state index contributed by atoms with van der Waals surface area (Å²) in [5.41, 5.74) is 1.40. The molecule has 0 atom stereocenters. The van der Waals surface area contributed by atoms with Crippen molar-refractivity contribution in [3.63, 3.8) is 0 Å². The van der Waals surface area contributed by atoms with E-state index in [0.29, 0.717) is 17.1 Å². The topological polar surface area (TPSA) is 33.5 Å². The molecule has 1 amide bonds. The summed E-state index contributed by atoms with van der Waals surface area (Å²) < 4.78 is 5.38. The summed E-state index contributed by atoms with van der Waals surface area (Å²) in [5, 5.41) is 0.605. The maximum atomic E-state index is 12.8. The van der Waals surface area contributed by atoms with E-state index in [0.717, 1.165) is 11.4 Å². The first-order chi connectivity index (χ1) is 10.7. The van der Waals surface area contributed by atoms with Gasteiger partial charge >= 0.3 is 0 Å². The van der Waals surface area contributed by atoms with Gasteiger partial charge in [0.1, 0.15) is 5.76 Å². The molecule has 0 saturated heterocycles. The van der Waals surface area contributed by atoms with Gasteiger partial charge in [-0.1, -0.05) is 29.8 Å². The predicted molar refractivity (Wildman–Crippen MR) is 87.1 cm³/mol. The Hall–Kier alpha value is -2.52. The van der Waals surface area contributed by atoms with E-state index in [-0.39, 0.29) is 5.91 Å². The first-order valence-electron chi connectivity index (χ1n) is 6.89. The average Bonchev–Trinajstić information content (AvgIpc) is 3.07. The molecule has 3 aromatic rings. The van der Waals surface area contributed by atoms with Crippen LogP contribution in [0.15, 0.2) is 77.4 Å². The minimum absolute atomic E-state index is 0.0979. The Labute approximate surface area is 133 Å². The lowest BCUT2D eigenvalue weighted by molar-refractivity contribution is 0.0983. The monoisotopic (exact) mass is 311 g/mol. The number of hydrogen-bond donors (Lipinski definition) is 0. The minimum atomic E-state index is -0.0979. The second-order valence-corrected chi connectivity index (χ2v) is 5.25. The third-order valence-corrected chi connectivity index (χ3v) is 3.55. The Morgan fingerprint density at radius 3 is 2.32 bits per heavy atom. The van der Waals surface area contributed by atoms with Crippen LogP contribution < -0.4 is 4.90 Å². The maximum Gasteiger partial charge on any atom is 0.258 e. The van der Waals surface area contributed by atoms with Gasteiger partial charge in [-0.05, 0) is 48.5 Å². The molecule has 0 aliphatic heterocycles. The van der Waals surface area contributed by atoms with Gasteiger partial charge in [0.2, 0.25) is 0 Å². The van der Waals surface area contributed by atoms with Crippen LogP contribution in [0, 0.1) is 0 Å². The molecule has 0 aliphatic rings. The number of para-hydroxylation sites is 1. The van der Waals surface area contributed by atoms with Crippen LogP contribution in [0.4, 0.5) is 5.69 Å². The van der Waals surface area contributed by atoms with Crippen molar-refractivity contribution >= 4 is 23.2 Å². The van der Waals surface area contributed by atoms with Crippen molar-refractivity contribution in [2.75, 3.05) is 4.90 Å². The maximum absolute atomic E-state index is 12.8. The van der Waals surface area contributed by atoms with Crippen LogP contribution in [0.1, 0.15) is 16.1 Å². The number of amides is 1. The standard InChI is InChI=1S/C18H14ClNO2/c19-15-10-8-14(9-11-15)18(21)20(13-17-7-4-12-22-17)16-5-2-1-3-6-16/h1-12H,13H2. The lowest BCUT2D eigenvalue weighted by Crippen LogP contribution is -2.30. The Balaban J connectivity index is 1.94. The van der Waals surface area contributed by atoms with Gasteiger partial charge in [0.25, 0.3) is 5.91 Å². The van der Waals surface area contributed by atoms with E-state index < -0.39 is 0 Å². The molecule has 0 N–H and O–H groups in total. The van der Waals surface area contributed by atoms with Crippen LogP contribution >= 0.6 is 11.6 Å². The van der Waals surface area contributed by atoms with Crippen LogP contribution in [0.25, 0.3) is 0 Å². The molecular weight excluding hydrogens is 298 g/mol. The number of hydrogen-bond acceptors (Lipinski definition) is 2. The van der Waals surface area contributed by atoms with E-state index in [2.05, 4.69) is 0 Å². The molecule has 22 heavy (non-hydrogen) atoms.